The van der Waals surface area contributed by atoms with Gasteiger partial charge in [0.2, 0.25) is 5.91 Å². The molecular formula is C17H23N5OS. The van der Waals surface area contributed by atoms with Gasteiger partial charge in [0.15, 0.2) is 5.82 Å². The summed E-state index contributed by atoms with van der Waals surface area (Å²) < 4.78 is 0. The molecule has 0 aromatic carbocycles. The van der Waals surface area contributed by atoms with E-state index in [0.29, 0.717) is 12.3 Å². The Morgan fingerprint density at radius 1 is 1.21 bits per heavy atom. The van der Waals surface area contributed by atoms with E-state index in [1.165, 1.54) is 4.88 Å². The van der Waals surface area contributed by atoms with E-state index in [0.717, 1.165) is 42.7 Å². The van der Waals surface area contributed by atoms with Gasteiger partial charge in [-0.1, -0.05) is 13.8 Å². The summed E-state index contributed by atoms with van der Waals surface area (Å²) in [6, 6.07) is 3.96. The molecule has 0 aliphatic carbocycles. The topological polar surface area (TPSA) is 62.2 Å². The molecule has 0 saturated carbocycles. The van der Waals surface area contributed by atoms with Crippen molar-refractivity contribution >= 4 is 23.1 Å². The van der Waals surface area contributed by atoms with E-state index in [2.05, 4.69) is 33.9 Å². The summed E-state index contributed by atoms with van der Waals surface area (Å²) in [6.45, 7) is 9.24. The van der Waals surface area contributed by atoms with E-state index in [9.17, 15) is 4.79 Å². The summed E-state index contributed by atoms with van der Waals surface area (Å²) >= 11 is 1.64. The van der Waals surface area contributed by atoms with E-state index in [-0.39, 0.29) is 5.91 Å². The van der Waals surface area contributed by atoms with Gasteiger partial charge in [0.25, 0.3) is 0 Å². The molecule has 0 bridgehead atoms. The zero-order chi connectivity index (χ0) is 17.1. The highest BCUT2D eigenvalue weighted by atomic mass is 32.1. The Labute approximate surface area is 146 Å². The number of aromatic nitrogens is 3. The van der Waals surface area contributed by atoms with Crippen molar-refractivity contribution in [2.75, 3.05) is 31.1 Å². The molecule has 3 heterocycles. The normalized spacial score (nSPS) is 15.2. The highest BCUT2D eigenvalue weighted by molar-refractivity contribution is 7.11. The summed E-state index contributed by atoms with van der Waals surface area (Å²) in [5.41, 5.74) is 0.914. The molecule has 128 valence electrons. The van der Waals surface area contributed by atoms with Crippen LogP contribution in [0.15, 0.2) is 18.3 Å². The molecule has 24 heavy (non-hydrogen) atoms. The predicted octanol–water partition coefficient (Wildman–Crippen LogP) is 2.26. The maximum absolute atomic E-state index is 12.5. The first-order valence-corrected chi connectivity index (χ1v) is 9.12. The number of carbonyl (C=O) groups is 1. The second kappa shape index (κ2) is 7.25. The molecule has 1 aliphatic rings. The summed E-state index contributed by atoms with van der Waals surface area (Å²) in [5, 5.41) is 9.24. The van der Waals surface area contributed by atoms with Crippen LogP contribution in [0.25, 0.3) is 0 Å². The minimum absolute atomic E-state index is 0.161. The standard InChI is InChI=1S/C17H23N5OS/c1-12(2)14-11-18-16(24-14)10-17(23)22-8-6-21(7-9-22)15-5-4-13(3)19-20-15/h4-5,11-12H,6-10H2,1-3H3. The monoisotopic (exact) mass is 345 g/mol. The predicted molar refractivity (Wildman–Crippen MR) is 95.5 cm³/mol. The highest BCUT2D eigenvalue weighted by Crippen LogP contribution is 2.22. The smallest absolute Gasteiger partial charge is 0.229 e. The molecule has 1 aliphatic heterocycles. The quantitative estimate of drug-likeness (QED) is 0.850. The van der Waals surface area contributed by atoms with Crippen molar-refractivity contribution < 1.29 is 4.79 Å². The number of rotatable bonds is 4. The lowest BCUT2D eigenvalue weighted by Gasteiger charge is -2.35. The maximum atomic E-state index is 12.5. The van der Waals surface area contributed by atoms with E-state index >= 15 is 0 Å². The third kappa shape index (κ3) is 3.90. The van der Waals surface area contributed by atoms with Crippen LogP contribution in [0.2, 0.25) is 0 Å². The van der Waals surface area contributed by atoms with Crippen LogP contribution >= 0.6 is 11.3 Å². The minimum atomic E-state index is 0.161. The molecule has 6 nitrogen and oxygen atoms in total. The Hall–Kier alpha value is -2.02. The first-order chi connectivity index (χ1) is 11.5. The highest BCUT2D eigenvalue weighted by Gasteiger charge is 2.23. The van der Waals surface area contributed by atoms with Gasteiger partial charge in [-0.2, -0.15) is 5.10 Å². The largest absolute Gasteiger partial charge is 0.352 e. The van der Waals surface area contributed by atoms with Crippen LogP contribution in [0.1, 0.15) is 35.3 Å². The lowest BCUT2D eigenvalue weighted by atomic mass is 10.2. The molecule has 1 fully saturated rings. The van der Waals surface area contributed by atoms with Crippen LogP contribution in [-0.2, 0) is 11.2 Å². The fourth-order valence-corrected chi connectivity index (χ4v) is 3.57. The fourth-order valence-electron chi connectivity index (χ4n) is 2.66. The lowest BCUT2D eigenvalue weighted by Crippen LogP contribution is -2.49. The number of amides is 1. The Kier molecular flexibility index (Phi) is 5.08. The third-order valence-electron chi connectivity index (χ3n) is 4.18. The van der Waals surface area contributed by atoms with Crippen molar-refractivity contribution in [2.45, 2.75) is 33.1 Å². The van der Waals surface area contributed by atoms with Gasteiger partial charge in [0.1, 0.15) is 5.01 Å². The average molecular weight is 345 g/mol. The molecule has 0 N–H and O–H groups in total. The van der Waals surface area contributed by atoms with Gasteiger partial charge in [-0.15, -0.1) is 16.4 Å². The second-order valence-electron chi connectivity index (χ2n) is 6.39. The van der Waals surface area contributed by atoms with Crippen LogP contribution in [0.3, 0.4) is 0 Å². The Morgan fingerprint density at radius 2 is 1.96 bits per heavy atom. The second-order valence-corrected chi connectivity index (χ2v) is 7.54. The summed E-state index contributed by atoms with van der Waals surface area (Å²) in [7, 11) is 0. The molecule has 0 spiro atoms. The van der Waals surface area contributed by atoms with Gasteiger partial charge in [-0.05, 0) is 25.0 Å². The van der Waals surface area contributed by atoms with Crippen LogP contribution in [0.4, 0.5) is 5.82 Å². The zero-order valence-corrected chi connectivity index (χ0v) is 15.2. The SMILES string of the molecule is Cc1ccc(N2CCN(C(=O)Cc3ncc(C(C)C)s3)CC2)nn1. The van der Waals surface area contributed by atoms with Crippen molar-refractivity contribution in [2.24, 2.45) is 0 Å². The van der Waals surface area contributed by atoms with Gasteiger partial charge in [-0.3, -0.25) is 4.79 Å². The number of aryl methyl sites for hydroxylation is 1. The molecular weight excluding hydrogens is 322 g/mol. The molecule has 1 amide bonds. The van der Waals surface area contributed by atoms with Crippen molar-refractivity contribution in [3.8, 4) is 0 Å². The van der Waals surface area contributed by atoms with E-state index < -0.39 is 0 Å². The van der Waals surface area contributed by atoms with Gasteiger partial charge in [0, 0.05) is 37.3 Å². The number of hydrogen-bond acceptors (Lipinski definition) is 6. The van der Waals surface area contributed by atoms with Crippen molar-refractivity contribution in [1.29, 1.82) is 0 Å². The Bertz CT molecular complexity index is 689. The molecule has 0 radical (unpaired) electrons. The first-order valence-electron chi connectivity index (χ1n) is 8.30. The van der Waals surface area contributed by atoms with Gasteiger partial charge >= 0.3 is 0 Å². The first kappa shape index (κ1) is 16.8. The van der Waals surface area contributed by atoms with Crippen LogP contribution in [0.5, 0.6) is 0 Å². The average Bonchev–Trinajstić information content (AvgIpc) is 3.04. The third-order valence-corrected chi connectivity index (χ3v) is 5.48. The zero-order valence-electron chi connectivity index (χ0n) is 14.4. The summed E-state index contributed by atoms with van der Waals surface area (Å²) in [5.74, 6) is 1.51. The molecule has 0 atom stereocenters. The van der Waals surface area contributed by atoms with Gasteiger partial charge < -0.3 is 9.80 Å². The Balaban J connectivity index is 1.53. The lowest BCUT2D eigenvalue weighted by molar-refractivity contribution is -0.130. The maximum Gasteiger partial charge on any atom is 0.229 e. The van der Waals surface area contributed by atoms with Crippen molar-refractivity contribution in [3.05, 3.63) is 33.9 Å². The number of carbonyl (C=O) groups excluding carboxylic acids is 1. The van der Waals surface area contributed by atoms with Gasteiger partial charge in [0.05, 0.1) is 12.1 Å². The minimum Gasteiger partial charge on any atom is -0.352 e. The van der Waals surface area contributed by atoms with E-state index in [4.69, 9.17) is 0 Å². The van der Waals surface area contributed by atoms with Crippen molar-refractivity contribution in [3.63, 3.8) is 0 Å². The summed E-state index contributed by atoms with van der Waals surface area (Å²) in [4.78, 5) is 22.2. The van der Waals surface area contributed by atoms with E-state index in [1.54, 1.807) is 11.3 Å². The number of piperazine rings is 1. The van der Waals surface area contributed by atoms with Crippen LogP contribution in [-0.4, -0.2) is 52.2 Å². The molecule has 2 aromatic rings. The molecule has 1 saturated heterocycles. The Morgan fingerprint density at radius 3 is 2.54 bits per heavy atom. The molecule has 7 heteroatoms. The summed E-state index contributed by atoms with van der Waals surface area (Å²) in [6.07, 6.45) is 2.30. The number of hydrogen-bond donors (Lipinski definition) is 0. The number of thiazole rings is 1. The van der Waals surface area contributed by atoms with Crippen molar-refractivity contribution in [1.82, 2.24) is 20.1 Å². The molecule has 0 unspecified atom stereocenters. The molecule has 3 rings (SSSR count). The number of nitrogens with zero attached hydrogens (tertiary/aromatic N) is 5. The van der Waals surface area contributed by atoms with Gasteiger partial charge in [-0.25, -0.2) is 4.98 Å². The number of anilines is 1. The fraction of sp³-hybridized carbons (Fsp3) is 0.529. The van der Waals surface area contributed by atoms with Crippen LogP contribution in [0, 0.1) is 6.92 Å². The molecule has 2 aromatic heterocycles. The van der Waals surface area contributed by atoms with E-state index in [1.807, 2.05) is 30.2 Å². The van der Waals surface area contributed by atoms with Crippen LogP contribution < -0.4 is 4.90 Å².